The third kappa shape index (κ3) is 4.94. The highest BCUT2D eigenvalue weighted by molar-refractivity contribution is 5.92. The van der Waals surface area contributed by atoms with Gasteiger partial charge in [0.2, 0.25) is 5.91 Å². The van der Waals surface area contributed by atoms with Crippen LogP contribution < -0.4 is 5.32 Å². The molecule has 7 nitrogen and oxygen atoms in total. The summed E-state index contributed by atoms with van der Waals surface area (Å²) < 4.78 is 9.84. The van der Waals surface area contributed by atoms with Crippen LogP contribution in [-0.2, 0) is 20.7 Å². The van der Waals surface area contributed by atoms with E-state index in [9.17, 15) is 14.9 Å². The van der Waals surface area contributed by atoms with Gasteiger partial charge >= 0.3 is 0 Å². The van der Waals surface area contributed by atoms with Crippen molar-refractivity contribution in [2.75, 3.05) is 32.2 Å². The summed E-state index contributed by atoms with van der Waals surface area (Å²) >= 11 is 0. The highest BCUT2D eigenvalue weighted by atomic mass is 16.6. The second-order valence-corrected chi connectivity index (χ2v) is 4.05. The van der Waals surface area contributed by atoms with Gasteiger partial charge in [-0.15, -0.1) is 0 Å². The van der Waals surface area contributed by atoms with Crippen LogP contribution in [0.3, 0.4) is 0 Å². The molecule has 0 aliphatic rings. The molecule has 0 radical (unpaired) electrons. The molecule has 7 heteroatoms. The number of nitrogens with one attached hydrogen (secondary N) is 1. The summed E-state index contributed by atoms with van der Waals surface area (Å²) in [5, 5.41) is 13.5. The number of benzene rings is 1. The minimum Gasteiger partial charge on any atom is -0.382 e. The van der Waals surface area contributed by atoms with Gasteiger partial charge in [0.05, 0.1) is 18.1 Å². The normalized spacial score (nSPS) is 10.3. The number of hydrogen-bond acceptors (Lipinski definition) is 5. The summed E-state index contributed by atoms with van der Waals surface area (Å²) in [5.41, 5.74) is 1.02. The van der Waals surface area contributed by atoms with E-state index < -0.39 is 4.92 Å². The first kappa shape index (κ1) is 16.1. The van der Waals surface area contributed by atoms with Crippen molar-refractivity contribution in [3.8, 4) is 0 Å². The average molecular weight is 282 g/mol. The molecule has 0 saturated heterocycles. The zero-order valence-corrected chi connectivity index (χ0v) is 11.5. The Morgan fingerprint density at radius 3 is 2.75 bits per heavy atom. The van der Waals surface area contributed by atoms with Crippen molar-refractivity contribution in [1.29, 1.82) is 0 Å². The van der Waals surface area contributed by atoms with Crippen LogP contribution in [0.4, 0.5) is 11.4 Å². The first-order valence-corrected chi connectivity index (χ1v) is 6.22. The summed E-state index contributed by atoms with van der Waals surface area (Å²) in [7, 11) is 1.54. The number of aryl methyl sites for hydroxylation is 1. The van der Waals surface area contributed by atoms with Gasteiger partial charge in [-0.2, -0.15) is 0 Å². The third-order valence-corrected chi connectivity index (χ3v) is 2.61. The zero-order valence-electron chi connectivity index (χ0n) is 11.5. The Hall–Kier alpha value is -1.99. The maximum absolute atomic E-state index is 11.6. The van der Waals surface area contributed by atoms with Crippen molar-refractivity contribution < 1.29 is 19.2 Å². The number of amides is 1. The number of carbonyl (C=O) groups excluding carboxylic acids is 1. The number of nitro groups is 1. The van der Waals surface area contributed by atoms with E-state index in [0.717, 1.165) is 0 Å². The van der Waals surface area contributed by atoms with E-state index in [4.69, 9.17) is 9.47 Å². The van der Waals surface area contributed by atoms with E-state index in [1.807, 2.05) is 6.92 Å². The fourth-order valence-corrected chi connectivity index (χ4v) is 1.61. The van der Waals surface area contributed by atoms with Gasteiger partial charge < -0.3 is 14.8 Å². The molecule has 0 atom stereocenters. The summed E-state index contributed by atoms with van der Waals surface area (Å²) in [6.07, 6.45) is 0.560. The monoisotopic (exact) mass is 282 g/mol. The van der Waals surface area contributed by atoms with Crippen LogP contribution in [0.25, 0.3) is 0 Å². The van der Waals surface area contributed by atoms with Crippen LogP contribution in [0.5, 0.6) is 0 Å². The molecule has 110 valence electrons. The van der Waals surface area contributed by atoms with E-state index in [1.54, 1.807) is 12.1 Å². The SMILES string of the molecule is CCc1ccc(NC(=O)COCCOC)cc1[N+](=O)[O-]. The lowest BCUT2D eigenvalue weighted by molar-refractivity contribution is -0.385. The number of methoxy groups -OCH3 is 1. The predicted octanol–water partition coefficient (Wildman–Crippen LogP) is 1.76. The Morgan fingerprint density at radius 1 is 1.40 bits per heavy atom. The molecule has 0 unspecified atom stereocenters. The first-order valence-electron chi connectivity index (χ1n) is 6.22. The lowest BCUT2D eigenvalue weighted by Gasteiger charge is -2.07. The Morgan fingerprint density at radius 2 is 2.15 bits per heavy atom. The molecule has 1 rings (SSSR count). The fourth-order valence-electron chi connectivity index (χ4n) is 1.61. The molecular weight excluding hydrogens is 264 g/mol. The Balaban J connectivity index is 2.61. The molecule has 1 aromatic rings. The highest BCUT2D eigenvalue weighted by Gasteiger charge is 2.14. The Kier molecular flexibility index (Phi) is 6.61. The molecule has 0 spiro atoms. The van der Waals surface area contributed by atoms with Gasteiger partial charge in [-0.25, -0.2) is 0 Å². The van der Waals surface area contributed by atoms with Crippen molar-refractivity contribution in [3.05, 3.63) is 33.9 Å². The minimum absolute atomic E-state index is 0.00519. The molecule has 1 N–H and O–H groups in total. The number of anilines is 1. The van der Waals surface area contributed by atoms with Crippen LogP contribution in [0.2, 0.25) is 0 Å². The van der Waals surface area contributed by atoms with Crippen molar-refractivity contribution in [2.45, 2.75) is 13.3 Å². The van der Waals surface area contributed by atoms with Gasteiger partial charge in [0.15, 0.2) is 0 Å². The van der Waals surface area contributed by atoms with Crippen LogP contribution in [-0.4, -0.2) is 37.8 Å². The van der Waals surface area contributed by atoms with Gasteiger partial charge in [0, 0.05) is 24.4 Å². The van der Waals surface area contributed by atoms with Gasteiger partial charge in [-0.05, 0) is 12.5 Å². The second-order valence-electron chi connectivity index (χ2n) is 4.05. The first-order chi connectivity index (χ1) is 9.58. The number of carbonyl (C=O) groups is 1. The Labute approximate surface area is 117 Å². The predicted molar refractivity (Wildman–Crippen MR) is 73.8 cm³/mol. The molecule has 0 bridgehead atoms. The minimum atomic E-state index is -0.455. The number of nitrogens with zero attached hydrogens (tertiary/aromatic N) is 1. The lowest BCUT2D eigenvalue weighted by Crippen LogP contribution is -2.19. The quantitative estimate of drug-likeness (QED) is 0.445. The van der Waals surface area contributed by atoms with Crippen molar-refractivity contribution in [2.24, 2.45) is 0 Å². The van der Waals surface area contributed by atoms with Crippen molar-refractivity contribution in [1.82, 2.24) is 0 Å². The van der Waals surface area contributed by atoms with Gasteiger partial charge in [-0.3, -0.25) is 14.9 Å². The third-order valence-electron chi connectivity index (χ3n) is 2.61. The standard InChI is InChI=1S/C13H18N2O5/c1-3-10-4-5-11(8-12(10)15(17)18)14-13(16)9-20-7-6-19-2/h4-5,8H,3,6-7,9H2,1-2H3,(H,14,16). The second kappa shape index (κ2) is 8.23. The van der Waals surface area contributed by atoms with E-state index in [0.29, 0.717) is 30.9 Å². The molecule has 20 heavy (non-hydrogen) atoms. The number of rotatable bonds is 8. The van der Waals surface area contributed by atoms with Crippen molar-refractivity contribution >= 4 is 17.3 Å². The smallest absolute Gasteiger partial charge is 0.274 e. The molecule has 0 aliphatic heterocycles. The van der Waals surface area contributed by atoms with E-state index in [2.05, 4.69) is 5.32 Å². The highest BCUT2D eigenvalue weighted by Crippen LogP contribution is 2.23. The molecule has 0 aliphatic carbocycles. The van der Waals surface area contributed by atoms with E-state index in [-0.39, 0.29) is 18.2 Å². The molecule has 0 aromatic heterocycles. The zero-order chi connectivity index (χ0) is 15.0. The molecule has 1 amide bonds. The molecule has 0 fully saturated rings. The van der Waals surface area contributed by atoms with Gasteiger partial charge in [0.1, 0.15) is 6.61 Å². The maximum atomic E-state index is 11.6. The largest absolute Gasteiger partial charge is 0.382 e. The number of ether oxygens (including phenoxy) is 2. The van der Waals surface area contributed by atoms with Gasteiger partial charge in [0.25, 0.3) is 5.69 Å². The Bertz CT molecular complexity index is 476. The van der Waals surface area contributed by atoms with E-state index in [1.165, 1.54) is 13.2 Å². The summed E-state index contributed by atoms with van der Waals surface area (Å²) in [6, 6.07) is 4.63. The topological polar surface area (TPSA) is 90.7 Å². The number of hydrogen-bond donors (Lipinski definition) is 1. The van der Waals surface area contributed by atoms with E-state index >= 15 is 0 Å². The lowest BCUT2D eigenvalue weighted by atomic mass is 10.1. The molecule has 1 aromatic carbocycles. The molecule has 0 heterocycles. The summed E-state index contributed by atoms with van der Waals surface area (Å²) in [4.78, 5) is 22.0. The van der Waals surface area contributed by atoms with Crippen LogP contribution in [0.1, 0.15) is 12.5 Å². The maximum Gasteiger partial charge on any atom is 0.274 e. The fraction of sp³-hybridized carbons (Fsp3) is 0.462. The summed E-state index contributed by atoms with van der Waals surface area (Å²) in [5.74, 6) is -0.361. The molecule has 0 saturated carbocycles. The van der Waals surface area contributed by atoms with Crippen molar-refractivity contribution in [3.63, 3.8) is 0 Å². The van der Waals surface area contributed by atoms with Gasteiger partial charge in [-0.1, -0.05) is 13.0 Å². The van der Waals surface area contributed by atoms with Crippen LogP contribution in [0, 0.1) is 10.1 Å². The van der Waals surface area contributed by atoms with Crippen LogP contribution >= 0.6 is 0 Å². The summed E-state index contributed by atoms with van der Waals surface area (Å²) in [6.45, 7) is 2.44. The number of nitro benzene ring substituents is 1. The van der Waals surface area contributed by atoms with Crippen LogP contribution in [0.15, 0.2) is 18.2 Å². The average Bonchev–Trinajstić information content (AvgIpc) is 2.43. The molecular formula is C13H18N2O5.